The van der Waals surface area contributed by atoms with Crippen molar-refractivity contribution in [2.45, 2.75) is 19.9 Å². The Labute approximate surface area is 103 Å². The van der Waals surface area contributed by atoms with Crippen LogP contribution in [0.4, 0.5) is 0 Å². The molecule has 0 amide bonds. The molecule has 0 unspecified atom stereocenters. The Morgan fingerprint density at radius 2 is 2.19 bits per heavy atom. The third-order valence-corrected chi connectivity index (χ3v) is 2.43. The van der Waals surface area contributed by atoms with Crippen LogP contribution in [0.1, 0.15) is 17.5 Å². The van der Waals surface area contributed by atoms with Crippen LogP contribution in [0.25, 0.3) is 0 Å². The van der Waals surface area contributed by atoms with Crippen LogP contribution in [0, 0.1) is 6.92 Å². The summed E-state index contributed by atoms with van der Waals surface area (Å²) in [6, 6.07) is 8.56. The Kier molecular flexibility index (Phi) is 7.23. The molecule has 1 aromatic carbocycles. The van der Waals surface area contributed by atoms with E-state index in [1.54, 1.807) is 0 Å². The molecule has 1 N–H and O–H groups in total. The van der Waals surface area contributed by atoms with Gasteiger partial charge < -0.3 is 10.1 Å². The van der Waals surface area contributed by atoms with Gasteiger partial charge in [-0.2, -0.15) is 0 Å². The van der Waals surface area contributed by atoms with Crippen molar-refractivity contribution in [1.82, 2.24) is 5.32 Å². The zero-order valence-electron chi connectivity index (χ0n) is 9.84. The molecule has 1 rings (SSSR count). The van der Waals surface area contributed by atoms with Gasteiger partial charge in [0.05, 0.1) is 6.61 Å². The molecule has 1 aromatic rings. The molecule has 0 spiro atoms. The van der Waals surface area contributed by atoms with Crippen molar-refractivity contribution in [2.24, 2.45) is 0 Å². The first-order valence-electron chi connectivity index (χ1n) is 5.73. The fourth-order valence-electron chi connectivity index (χ4n) is 1.51. The summed E-state index contributed by atoms with van der Waals surface area (Å²) in [6.45, 7) is 5.46. The van der Waals surface area contributed by atoms with E-state index >= 15 is 0 Å². The summed E-state index contributed by atoms with van der Waals surface area (Å²) in [5.74, 6) is 0.580. The Balaban J connectivity index is 2.03. The minimum atomic E-state index is 0.580. The molecule has 0 aliphatic carbocycles. The van der Waals surface area contributed by atoms with Gasteiger partial charge in [0.2, 0.25) is 0 Å². The average Bonchev–Trinajstić information content (AvgIpc) is 2.28. The van der Waals surface area contributed by atoms with Gasteiger partial charge in [-0.3, -0.25) is 0 Å². The number of alkyl halides is 1. The number of hydrogen-bond acceptors (Lipinski definition) is 2. The molecular weight excluding hydrogens is 222 g/mol. The zero-order valence-corrected chi connectivity index (χ0v) is 10.6. The van der Waals surface area contributed by atoms with E-state index in [0.717, 1.165) is 26.1 Å². The second-order valence-electron chi connectivity index (χ2n) is 3.82. The summed E-state index contributed by atoms with van der Waals surface area (Å²) < 4.78 is 5.28. The van der Waals surface area contributed by atoms with E-state index in [1.807, 2.05) is 0 Å². The first-order chi connectivity index (χ1) is 7.83. The van der Waals surface area contributed by atoms with Crippen LogP contribution in [0.3, 0.4) is 0 Å². The van der Waals surface area contributed by atoms with Crippen LogP contribution in [0.15, 0.2) is 24.3 Å². The molecule has 0 aliphatic rings. The van der Waals surface area contributed by atoms with Gasteiger partial charge in [-0.25, -0.2) is 0 Å². The smallest absolute Gasteiger partial charge is 0.0601 e. The molecule has 0 aliphatic heterocycles. The van der Waals surface area contributed by atoms with Crippen LogP contribution >= 0.6 is 11.6 Å². The fourth-order valence-corrected chi connectivity index (χ4v) is 1.62. The summed E-state index contributed by atoms with van der Waals surface area (Å²) in [7, 11) is 0. The lowest BCUT2D eigenvalue weighted by Gasteiger charge is -2.06. The van der Waals surface area contributed by atoms with Gasteiger partial charge >= 0.3 is 0 Å². The number of aryl methyl sites for hydroxylation is 1. The van der Waals surface area contributed by atoms with Crippen molar-refractivity contribution < 1.29 is 4.74 Å². The molecule has 3 heteroatoms. The van der Waals surface area contributed by atoms with E-state index < -0.39 is 0 Å². The fraction of sp³-hybridized carbons (Fsp3) is 0.538. The molecule has 0 fully saturated rings. The van der Waals surface area contributed by atoms with Gasteiger partial charge in [0, 0.05) is 19.0 Å². The van der Waals surface area contributed by atoms with E-state index in [9.17, 15) is 0 Å². The molecule has 0 aromatic heterocycles. The zero-order chi connectivity index (χ0) is 11.6. The van der Waals surface area contributed by atoms with Crippen molar-refractivity contribution in [3.8, 4) is 0 Å². The van der Waals surface area contributed by atoms with Crippen LogP contribution in [0.2, 0.25) is 0 Å². The third-order valence-electron chi connectivity index (χ3n) is 2.28. The van der Waals surface area contributed by atoms with Gasteiger partial charge in [-0.15, -0.1) is 11.6 Å². The van der Waals surface area contributed by atoms with Crippen molar-refractivity contribution in [3.05, 3.63) is 35.4 Å². The molecule has 0 radical (unpaired) electrons. The van der Waals surface area contributed by atoms with Gasteiger partial charge in [-0.05, 0) is 25.5 Å². The molecule has 16 heavy (non-hydrogen) atoms. The van der Waals surface area contributed by atoms with Crippen molar-refractivity contribution in [2.75, 3.05) is 25.6 Å². The average molecular weight is 242 g/mol. The predicted molar refractivity (Wildman–Crippen MR) is 69.0 cm³/mol. The Morgan fingerprint density at radius 3 is 2.94 bits per heavy atom. The molecular formula is C13H20ClNO. The maximum atomic E-state index is 5.50. The molecule has 0 saturated carbocycles. The van der Waals surface area contributed by atoms with Crippen molar-refractivity contribution >= 4 is 11.6 Å². The Morgan fingerprint density at radius 1 is 1.31 bits per heavy atom. The van der Waals surface area contributed by atoms with E-state index in [-0.39, 0.29) is 0 Å². The number of nitrogens with one attached hydrogen (secondary N) is 1. The molecule has 0 atom stereocenters. The summed E-state index contributed by atoms with van der Waals surface area (Å²) in [6.07, 6.45) is 1.03. The molecule has 2 nitrogen and oxygen atoms in total. The van der Waals surface area contributed by atoms with Crippen LogP contribution in [-0.4, -0.2) is 25.6 Å². The van der Waals surface area contributed by atoms with Crippen molar-refractivity contribution in [3.63, 3.8) is 0 Å². The van der Waals surface area contributed by atoms with Crippen LogP contribution < -0.4 is 5.32 Å². The highest BCUT2D eigenvalue weighted by Gasteiger charge is 1.93. The summed E-state index contributed by atoms with van der Waals surface area (Å²) >= 11 is 5.50. The van der Waals surface area contributed by atoms with E-state index in [1.165, 1.54) is 11.1 Å². The van der Waals surface area contributed by atoms with Gasteiger partial charge in [-0.1, -0.05) is 29.8 Å². The maximum Gasteiger partial charge on any atom is 0.0601 e. The predicted octanol–water partition coefficient (Wildman–Crippen LogP) is 2.73. The second kappa shape index (κ2) is 8.57. The summed E-state index contributed by atoms with van der Waals surface area (Å²) in [5.41, 5.74) is 2.64. The number of rotatable bonds is 8. The quantitative estimate of drug-likeness (QED) is 0.558. The molecule has 90 valence electrons. The normalized spacial score (nSPS) is 10.6. The van der Waals surface area contributed by atoms with E-state index in [0.29, 0.717) is 12.5 Å². The maximum absolute atomic E-state index is 5.50. The van der Waals surface area contributed by atoms with Gasteiger partial charge in [0.25, 0.3) is 0 Å². The van der Waals surface area contributed by atoms with Gasteiger partial charge in [0.15, 0.2) is 0 Å². The Bertz CT molecular complexity index is 291. The third kappa shape index (κ3) is 6.11. The first kappa shape index (κ1) is 13.5. The lowest BCUT2D eigenvalue weighted by Crippen LogP contribution is -2.16. The number of halogens is 1. The number of ether oxygens (including phenoxy) is 1. The number of benzene rings is 1. The highest BCUT2D eigenvalue weighted by molar-refractivity contribution is 6.17. The highest BCUT2D eigenvalue weighted by Crippen LogP contribution is 2.02. The molecule has 0 bridgehead atoms. The lowest BCUT2D eigenvalue weighted by atomic mass is 10.1. The van der Waals surface area contributed by atoms with Crippen LogP contribution in [-0.2, 0) is 11.3 Å². The minimum Gasteiger partial charge on any atom is -0.380 e. The minimum absolute atomic E-state index is 0.580. The largest absolute Gasteiger partial charge is 0.380 e. The molecule has 0 heterocycles. The second-order valence-corrected chi connectivity index (χ2v) is 4.20. The Hall–Kier alpha value is -0.570. The summed E-state index contributed by atoms with van der Waals surface area (Å²) in [5, 5.41) is 3.39. The van der Waals surface area contributed by atoms with Gasteiger partial charge in [0.1, 0.15) is 0 Å². The SMILES string of the molecule is Cc1cccc(CNCCCOCCCl)c1. The monoisotopic (exact) mass is 241 g/mol. The lowest BCUT2D eigenvalue weighted by molar-refractivity contribution is 0.146. The topological polar surface area (TPSA) is 21.3 Å². The van der Waals surface area contributed by atoms with Crippen LogP contribution in [0.5, 0.6) is 0 Å². The molecule has 0 saturated heterocycles. The highest BCUT2D eigenvalue weighted by atomic mass is 35.5. The standard InChI is InChI=1S/C13H20ClNO/c1-12-4-2-5-13(10-12)11-15-7-3-8-16-9-6-14/h2,4-5,10,15H,3,6-9,11H2,1H3. The number of hydrogen-bond donors (Lipinski definition) is 1. The van der Waals surface area contributed by atoms with E-state index in [4.69, 9.17) is 16.3 Å². The first-order valence-corrected chi connectivity index (χ1v) is 6.26. The van der Waals surface area contributed by atoms with Crippen molar-refractivity contribution in [1.29, 1.82) is 0 Å². The van der Waals surface area contributed by atoms with E-state index in [2.05, 4.69) is 36.5 Å². The summed E-state index contributed by atoms with van der Waals surface area (Å²) in [4.78, 5) is 0.